The van der Waals surface area contributed by atoms with Crippen LogP contribution in [-0.4, -0.2) is 5.78 Å². The lowest BCUT2D eigenvalue weighted by Crippen LogP contribution is -2.01. The monoisotopic (exact) mass is 275 g/mol. The first-order chi connectivity index (χ1) is 10.3. The summed E-state index contributed by atoms with van der Waals surface area (Å²) < 4.78 is 0. The molecule has 0 aliphatic rings. The van der Waals surface area contributed by atoms with Crippen molar-refractivity contribution >= 4 is 5.78 Å². The first kappa shape index (κ1) is 15.0. The topological polar surface area (TPSA) is 17.1 Å². The third kappa shape index (κ3) is 4.57. The number of carbonyl (C=O) groups is 1. The Morgan fingerprint density at radius 3 is 1.86 bits per heavy atom. The summed E-state index contributed by atoms with van der Waals surface area (Å²) in [6, 6.07) is 20.5. The second kappa shape index (κ2) is 8.01. The molecule has 0 unspecified atom stereocenters. The van der Waals surface area contributed by atoms with Gasteiger partial charge in [0.25, 0.3) is 0 Å². The molecule has 1 heteroatoms. The van der Waals surface area contributed by atoms with Crippen LogP contribution in [0.5, 0.6) is 0 Å². The maximum Gasteiger partial charge on any atom is 0.159 e. The second-order valence-corrected chi connectivity index (χ2v) is 4.78. The van der Waals surface area contributed by atoms with Crippen LogP contribution in [0.4, 0.5) is 0 Å². The van der Waals surface area contributed by atoms with Gasteiger partial charge in [0, 0.05) is 12.3 Å². The van der Waals surface area contributed by atoms with Crippen LogP contribution in [0, 0.1) is 5.92 Å². The lowest BCUT2D eigenvalue weighted by molar-refractivity contribution is -0.113. The zero-order valence-electron chi connectivity index (χ0n) is 12.0. The molecule has 0 amide bonds. The average molecular weight is 275 g/mol. The molecular formula is C20H19O. The zero-order valence-corrected chi connectivity index (χ0v) is 12.0. The number of carbonyl (C=O) groups excluding carboxylic acids is 1. The number of allylic oxidation sites excluding steroid dienone is 3. The van der Waals surface area contributed by atoms with Gasteiger partial charge in [-0.1, -0.05) is 72.8 Å². The Labute approximate surface area is 126 Å². The fourth-order valence-electron chi connectivity index (χ4n) is 2.20. The van der Waals surface area contributed by atoms with E-state index in [1.165, 1.54) is 17.0 Å². The van der Waals surface area contributed by atoms with Crippen molar-refractivity contribution < 1.29 is 4.79 Å². The molecule has 21 heavy (non-hydrogen) atoms. The van der Waals surface area contributed by atoms with Crippen molar-refractivity contribution in [1.82, 2.24) is 0 Å². The highest BCUT2D eigenvalue weighted by Crippen LogP contribution is 2.27. The highest BCUT2D eigenvalue weighted by atomic mass is 16.1. The molecule has 1 radical (unpaired) electrons. The number of benzene rings is 2. The van der Waals surface area contributed by atoms with Crippen LogP contribution in [0.25, 0.3) is 0 Å². The van der Waals surface area contributed by atoms with Crippen LogP contribution in [0.2, 0.25) is 0 Å². The smallest absolute Gasteiger partial charge is 0.159 e. The van der Waals surface area contributed by atoms with Crippen LogP contribution >= 0.6 is 0 Å². The Balaban J connectivity index is 2.18. The highest BCUT2D eigenvalue weighted by molar-refractivity contribution is 5.90. The number of hydrogen-bond donors (Lipinski definition) is 0. The minimum absolute atomic E-state index is 0.0884. The first-order valence-electron chi connectivity index (χ1n) is 7.08. The minimum Gasteiger partial charge on any atom is -0.295 e. The van der Waals surface area contributed by atoms with Crippen molar-refractivity contribution in [2.24, 2.45) is 0 Å². The Morgan fingerprint density at radius 2 is 1.38 bits per heavy atom. The Kier molecular flexibility index (Phi) is 5.71. The van der Waals surface area contributed by atoms with Gasteiger partial charge in [-0.25, -0.2) is 0 Å². The van der Waals surface area contributed by atoms with Gasteiger partial charge in [0.15, 0.2) is 5.78 Å². The summed E-state index contributed by atoms with van der Waals surface area (Å²) in [6.45, 7) is 3.58. The van der Waals surface area contributed by atoms with E-state index >= 15 is 0 Å². The number of hydrogen-bond acceptors (Lipinski definition) is 1. The summed E-state index contributed by atoms with van der Waals surface area (Å²) in [5, 5.41) is 0. The third-order valence-electron chi connectivity index (χ3n) is 3.22. The molecule has 105 valence electrons. The molecular weight excluding hydrogens is 256 g/mol. The van der Waals surface area contributed by atoms with Crippen molar-refractivity contribution in [2.75, 3.05) is 0 Å². The quantitative estimate of drug-likeness (QED) is 0.526. The molecule has 0 aromatic heterocycles. The van der Waals surface area contributed by atoms with Gasteiger partial charge in [-0.3, -0.25) is 4.79 Å². The lowest BCUT2D eigenvalue weighted by atomic mass is 9.88. The first-order valence-corrected chi connectivity index (χ1v) is 7.08. The summed E-state index contributed by atoms with van der Waals surface area (Å²) in [4.78, 5) is 11.5. The summed E-state index contributed by atoms with van der Waals surface area (Å²) in [6.07, 6.45) is 6.33. The maximum atomic E-state index is 11.5. The Morgan fingerprint density at radius 1 is 0.857 bits per heavy atom. The van der Waals surface area contributed by atoms with Gasteiger partial charge >= 0.3 is 0 Å². The van der Waals surface area contributed by atoms with Crippen LogP contribution in [0.3, 0.4) is 0 Å². The van der Waals surface area contributed by atoms with Gasteiger partial charge in [-0.2, -0.15) is 0 Å². The summed E-state index contributed by atoms with van der Waals surface area (Å²) >= 11 is 0. The van der Waals surface area contributed by atoms with E-state index in [4.69, 9.17) is 0 Å². The molecule has 0 fully saturated rings. The van der Waals surface area contributed by atoms with Crippen molar-refractivity contribution in [3.05, 3.63) is 103 Å². The van der Waals surface area contributed by atoms with E-state index in [2.05, 4.69) is 30.8 Å². The van der Waals surface area contributed by atoms with Crippen molar-refractivity contribution in [2.45, 2.75) is 12.8 Å². The van der Waals surface area contributed by atoms with Gasteiger partial charge in [0.2, 0.25) is 0 Å². The summed E-state index contributed by atoms with van der Waals surface area (Å²) in [7, 11) is 0. The van der Waals surface area contributed by atoms with Crippen molar-refractivity contribution in [1.29, 1.82) is 0 Å². The summed E-state index contributed by atoms with van der Waals surface area (Å²) in [5.41, 5.74) is 2.37. The molecule has 0 saturated heterocycles. The van der Waals surface area contributed by atoms with Crippen LogP contribution in [-0.2, 0) is 4.79 Å². The minimum atomic E-state index is 0.0884. The van der Waals surface area contributed by atoms with E-state index < -0.39 is 0 Å². The van der Waals surface area contributed by atoms with E-state index in [-0.39, 0.29) is 5.78 Å². The maximum absolute atomic E-state index is 11.5. The largest absolute Gasteiger partial charge is 0.295 e. The second-order valence-electron chi connectivity index (χ2n) is 4.78. The summed E-state index contributed by atoms with van der Waals surface area (Å²) in [5.74, 6) is 1.31. The van der Waals surface area contributed by atoms with Gasteiger partial charge in [-0.15, -0.1) is 6.58 Å². The third-order valence-corrected chi connectivity index (χ3v) is 3.22. The van der Waals surface area contributed by atoms with E-state index in [0.717, 1.165) is 6.42 Å². The predicted molar refractivity (Wildman–Crippen MR) is 87.9 cm³/mol. The molecule has 0 atom stereocenters. The van der Waals surface area contributed by atoms with Crippen LogP contribution < -0.4 is 0 Å². The zero-order chi connectivity index (χ0) is 14.9. The number of rotatable bonds is 7. The van der Waals surface area contributed by atoms with Crippen molar-refractivity contribution in [3.8, 4) is 0 Å². The van der Waals surface area contributed by atoms with Crippen LogP contribution in [0.1, 0.15) is 24.0 Å². The average Bonchev–Trinajstić information content (AvgIpc) is 2.53. The van der Waals surface area contributed by atoms with Gasteiger partial charge in [0.05, 0.1) is 0 Å². The molecule has 2 aromatic rings. The molecule has 0 bridgehead atoms. The van der Waals surface area contributed by atoms with Crippen LogP contribution in [0.15, 0.2) is 85.5 Å². The number of ketones is 1. The molecule has 0 saturated carbocycles. The lowest BCUT2D eigenvalue weighted by Gasteiger charge is -2.15. The van der Waals surface area contributed by atoms with E-state index in [1.807, 2.05) is 42.5 Å². The Hall–Kier alpha value is -2.41. The molecule has 0 aliphatic carbocycles. The fourth-order valence-corrected chi connectivity index (χ4v) is 2.20. The fraction of sp³-hybridized carbons (Fsp3) is 0.100. The molecule has 1 nitrogen and oxygen atoms in total. The van der Waals surface area contributed by atoms with Gasteiger partial charge < -0.3 is 0 Å². The molecule has 0 heterocycles. The molecule has 2 aromatic carbocycles. The van der Waals surface area contributed by atoms with E-state index in [1.54, 1.807) is 12.2 Å². The molecule has 0 aliphatic heterocycles. The Bertz CT molecular complexity index is 557. The normalized spacial score (nSPS) is 10.9. The molecule has 0 N–H and O–H groups in total. The van der Waals surface area contributed by atoms with Gasteiger partial charge in [-0.05, 0) is 23.6 Å². The predicted octanol–water partition coefficient (Wildman–Crippen LogP) is 4.75. The van der Waals surface area contributed by atoms with Gasteiger partial charge in [0.1, 0.15) is 0 Å². The van der Waals surface area contributed by atoms with E-state index in [9.17, 15) is 4.79 Å². The van der Waals surface area contributed by atoms with Crippen molar-refractivity contribution in [3.63, 3.8) is 0 Å². The molecule has 0 spiro atoms. The standard InChI is InChI=1S/C20H19O/c1-2-10-19(21)15-9-16-20(17-11-5-3-6-12-17)18-13-7-4-8-14-18/h2-9,11-15H,1,10,16H2/b15-9+. The van der Waals surface area contributed by atoms with E-state index in [0.29, 0.717) is 6.42 Å². The molecule has 2 rings (SSSR count). The highest BCUT2D eigenvalue weighted by Gasteiger charge is 2.12. The SMILES string of the molecule is C=CCC(=O)/C=C/C[C](c1ccccc1)c1ccccc1.